The maximum absolute atomic E-state index is 16.6. The molecular weight excluding hydrogens is 637 g/mol. The molecule has 1 aromatic carbocycles. The van der Waals surface area contributed by atoms with Crippen LogP contribution in [0.5, 0.6) is 6.01 Å². The number of H-pyrrole nitrogens is 2. The van der Waals surface area contributed by atoms with Crippen molar-refractivity contribution in [1.82, 2.24) is 35.0 Å². The first-order valence-electron chi connectivity index (χ1n) is 14.2. The van der Waals surface area contributed by atoms with E-state index in [4.69, 9.17) is 22.1 Å². The van der Waals surface area contributed by atoms with Gasteiger partial charge in [0.2, 0.25) is 0 Å². The van der Waals surface area contributed by atoms with E-state index >= 15 is 4.39 Å². The highest BCUT2D eigenvalue weighted by Crippen LogP contribution is 2.44. The Balaban J connectivity index is 1.40. The molecule has 240 valence electrons. The van der Waals surface area contributed by atoms with Gasteiger partial charge in [0.05, 0.1) is 40.2 Å². The summed E-state index contributed by atoms with van der Waals surface area (Å²) in [7, 11) is 0. The van der Waals surface area contributed by atoms with Gasteiger partial charge in [0, 0.05) is 41.6 Å². The molecule has 0 spiro atoms. The molecule has 0 radical (unpaired) electrons. The van der Waals surface area contributed by atoms with Gasteiger partial charge in [-0.2, -0.15) is 15.1 Å². The summed E-state index contributed by atoms with van der Waals surface area (Å²) in [6.07, 6.45) is -1.14. The van der Waals surface area contributed by atoms with E-state index in [9.17, 15) is 22.4 Å². The van der Waals surface area contributed by atoms with Crippen LogP contribution in [0.2, 0.25) is 5.02 Å². The number of benzene rings is 1. The predicted octanol–water partition coefficient (Wildman–Crippen LogP) is 5.45. The quantitative estimate of drug-likeness (QED) is 0.159. The average Bonchev–Trinajstić information content (AvgIpc) is 3.55. The standard InChI is InChI=1S/C29H25ClF5N9O2/c1-11(14-4-12(31)7-37-25(14)36)39-26-20-23(41-28(42-26)46-10-29-2-3-44(29)9-13(32)6-29)21(33)22(40-27(20)45)18-15-8-38-43-17(15)5-16(30)19(18)24(34)35/h4-5,7-8,11,13,24H,2-3,6,9-10H2,1H3,(H2,36,37)(H,38,43)(H,40,45)(H,39,41,42)/t11-,13?,29-/m1/s1. The van der Waals surface area contributed by atoms with E-state index in [1.807, 2.05) is 4.90 Å². The van der Waals surface area contributed by atoms with Gasteiger partial charge in [-0.1, -0.05) is 11.6 Å². The SMILES string of the molecule is C[C@@H](Nc1nc(OC[C@]23CCN2CC(F)C3)nc2c(F)c(-c3c(C(F)F)c(Cl)cc4[nH]ncc34)[nH]c(=O)c12)c1cc(F)cnc1N. The molecule has 3 atom stereocenters. The zero-order valence-corrected chi connectivity index (χ0v) is 24.7. The molecule has 1 unspecified atom stereocenters. The van der Waals surface area contributed by atoms with E-state index in [0.717, 1.165) is 12.3 Å². The van der Waals surface area contributed by atoms with E-state index < -0.39 is 58.1 Å². The zero-order chi connectivity index (χ0) is 32.5. The Morgan fingerprint density at radius 2 is 2.07 bits per heavy atom. The van der Waals surface area contributed by atoms with Gasteiger partial charge in [-0.3, -0.25) is 14.8 Å². The van der Waals surface area contributed by atoms with E-state index in [1.165, 1.54) is 12.3 Å². The highest BCUT2D eigenvalue weighted by atomic mass is 35.5. The van der Waals surface area contributed by atoms with E-state index in [0.29, 0.717) is 13.0 Å². The molecule has 0 bridgehead atoms. The molecule has 7 rings (SSSR count). The van der Waals surface area contributed by atoms with Crippen molar-refractivity contribution in [3.05, 3.63) is 62.7 Å². The average molecular weight is 662 g/mol. The van der Waals surface area contributed by atoms with Crippen molar-refractivity contribution in [2.24, 2.45) is 0 Å². The van der Waals surface area contributed by atoms with Gasteiger partial charge in [-0.25, -0.2) is 26.9 Å². The number of hydrogen-bond acceptors (Lipinski definition) is 9. The Morgan fingerprint density at radius 1 is 1.26 bits per heavy atom. The number of alkyl halides is 3. The highest BCUT2D eigenvalue weighted by molar-refractivity contribution is 6.33. The summed E-state index contributed by atoms with van der Waals surface area (Å²) >= 11 is 6.18. The monoisotopic (exact) mass is 661 g/mol. The van der Waals surface area contributed by atoms with Gasteiger partial charge >= 0.3 is 6.01 Å². The van der Waals surface area contributed by atoms with Crippen LogP contribution in [0.1, 0.15) is 43.4 Å². The second-order valence-electron chi connectivity index (χ2n) is 11.5. The molecule has 17 heteroatoms. The smallest absolute Gasteiger partial charge is 0.319 e. The van der Waals surface area contributed by atoms with E-state index in [1.54, 1.807) is 6.92 Å². The molecule has 2 fully saturated rings. The summed E-state index contributed by atoms with van der Waals surface area (Å²) in [5.74, 6) is -2.06. The largest absolute Gasteiger partial charge is 0.461 e. The first-order valence-corrected chi connectivity index (χ1v) is 14.6. The van der Waals surface area contributed by atoms with Crippen LogP contribution in [0.3, 0.4) is 0 Å². The molecule has 0 saturated carbocycles. The number of pyridine rings is 2. The second-order valence-corrected chi connectivity index (χ2v) is 11.9. The fourth-order valence-corrected chi connectivity index (χ4v) is 6.68. The number of halogens is 6. The molecule has 2 aliphatic rings. The number of aromatic nitrogens is 6. The molecule has 46 heavy (non-hydrogen) atoms. The lowest BCUT2D eigenvalue weighted by molar-refractivity contribution is -0.0132. The van der Waals surface area contributed by atoms with Crippen molar-refractivity contribution in [3.63, 3.8) is 0 Å². The summed E-state index contributed by atoms with van der Waals surface area (Å²) in [5.41, 5.74) is 2.61. The fourth-order valence-electron chi connectivity index (χ4n) is 6.40. The van der Waals surface area contributed by atoms with Gasteiger partial charge in [0.25, 0.3) is 12.0 Å². The number of rotatable bonds is 8. The van der Waals surface area contributed by atoms with Crippen molar-refractivity contribution in [3.8, 4) is 17.3 Å². The van der Waals surface area contributed by atoms with Crippen LogP contribution in [0.4, 0.5) is 33.6 Å². The molecule has 11 nitrogen and oxygen atoms in total. The number of ether oxygens (including phenoxy) is 1. The lowest BCUT2D eigenvalue weighted by Crippen LogP contribution is -2.59. The van der Waals surface area contributed by atoms with Crippen LogP contribution in [-0.2, 0) is 0 Å². The van der Waals surface area contributed by atoms with Crippen molar-refractivity contribution in [2.45, 2.75) is 43.9 Å². The molecule has 2 saturated heterocycles. The summed E-state index contributed by atoms with van der Waals surface area (Å²) in [4.78, 5) is 30.3. The Labute approximate surface area is 261 Å². The third-order valence-corrected chi connectivity index (χ3v) is 9.04. The maximum Gasteiger partial charge on any atom is 0.319 e. The van der Waals surface area contributed by atoms with Crippen LogP contribution in [0.15, 0.2) is 29.3 Å². The third kappa shape index (κ3) is 4.86. The van der Waals surface area contributed by atoms with Crippen molar-refractivity contribution in [2.75, 3.05) is 30.7 Å². The van der Waals surface area contributed by atoms with Crippen LogP contribution in [0.25, 0.3) is 33.1 Å². The van der Waals surface area contributed by atoms with Crippen LogP contribution >= 0.6 is 11.6 Å². The van der Waals surface area contributed by atoms with Gasteiger partial charge in [0.1, 0.15) is 41.1 Å². The van der Waals surface area contributed by atoms with Gasteiger partial charge in [-0.05, 0) is 25.5 Å². The minimum atomic E-state index is -3.15. The predicted molar refractivity (Wildman–Crippen MR) is 160 cm³/mol. The van der Waals surface area contributed by atoms with E-state index in [2.05, 4.69) is 35.5 Å². The molecule has 5 aromatic rings. The molecule has 2 aliphatic heterocycles. The minimum absolute atomic E-state index is 0.00518. The van der Waals surface area contributed by atoms with Crippen molar-refractivity contribution >= 4 is 45.0 Å². The number of fused-ring (bicyclic) bond motifs is 3. The second kappa shape index (κ2) is 11.0. The molecule has 0 amide bonds. The Kier molecular flexibility index (Phi) is 7.23. The molecule has 4 aromatic heterocycles. The van der Waals surface area contributed by atoms with Crippen molar-refractivity contribution in [1.29, 1.82) is 0 Å². The maximum atomic E-state index is 16.6. The summed E-state index contributed by atoms with van der Waals surface area (Å²) in [5, 5.41) is 8.73. The van der Waals surface area contributed by atoms with Crippen LogP contribution in [-0.4, -0.2) is 66.4 Å². The first kappa shape index (κ1) is 30.1. The number of nitrogens with zero attached hydrogens (tertiary/aromatic N) is 5. The normalized spacial score (nSPS) is 20.3. The molecule has 6 heterocycles. The first-order chi connectivity index (χ1) is 22.0. The van der Waals surface area contributed by atoms with Crippen molar-refractivity contribution < 1.29 is 26.7 Å². The molecule has 0 aliphatic carbocycles. The number of anilines is 2. The number of nitrogens with two attached hydrogens (primary N) is 1. The van der Waals surface area contributed by atoms with Crippen LogP contribution < -0.4 is 21.3 Å². The summed E-state index contributed by atoms with van der Waals surface area (Å²) in [6, 6.07) is 1.19. The fraction of sp³-hybridized carbons (Fsp3) is 0.345. The highest BCUT2D eigenvalue weighted by Gasteiger charge is 2.52. The van der Waals surface area contributed by atoms with Gasteiger partial charge < -0.3 is 20.8 Å². The third-order valence-electron chi connectivity index (χ3n) is 8.73. The van der Waals surface area contributed by atoms with Crippen LogP contribution in [0, 0.1) is 11.6 Å². The number of nitrogens with one attached hydrogen (secondary N) is 3. The zero-order valence-electron chi connectivity index (χ0n) is 24.0. The van der Waals surface area contributed by atoms with Gasteiger partial charge in [0.15, 0.2) is 5.82 Å². The number of nitrogen functional groups attached to an aromatic ring is 1. The molecule has 5 N–H and O–H groups in total. The van der Waals surface area contributed by atoms with Gasteiger partial charge in [-0.15, -0.1) is 0 Å². The lowest BCUT2D eigenvalue weighted by atomic mass is 9.86. The summed E-state index contributed by atoms with van der Waals surface area (Å²) < 4.78 is 79.5. The van der Waals surface area contributed by atoms with E-state index in [-0.39, 0.29) is 69.7 Å². The Hall–Kier alpha value is -4.57. The Morgan fingerprint density at radius 3 is 2.78 bits per heavy atom. The number of aromatic amines is 2. The topological polar surface area (TPSA) is 151 Å². The number of hydrogen-bond donors (Lipinski definition) is 4. The lowest BCUT2D eigenvalue weighted by Gasteiger charge is -2.47. The Bertz CT molecular complexity index is 2080. The minimum Gasteiger partial charge on any atom is -0.461 e. The summed E-state index contributed by atoms with van der Waals surface area (Å²) in [6.45, 7) is 2.52. The molecular formula is C29H25ClF5N9O2.